The molecule has 0 bridgehead atoms. The summed E-state index contributed by atoms with van der Waals surface area (Å²) in [5.41, 5.74) is 1.19. The Hall–Kier alpha value is -1.31. The first-order chi connectivity index (χ1) is 10.00. The van der Waals surface area contributed by atoms with E-state index in [1.807, 2.05) is 18.2 Å². The van der Waals surface area contributed by atoms with E-state index >= 15 is 0 Å². The number of hydrogen-bond donors (Lipinski definition) is 2. The molecule has 21 heavy (non-hydrogen) atoms. The molecule has 6 nitrogen and oxygen atoms in total. The number of nitrogens with one attached hydrogen (secondary N) is 2. The molecule has 1 heterocycles. The van der Waals surface area contributed by atoms with E-state index in [2.05, 4.69) is 17.0 Å². The predicted octanol–water partition coefficient (Wildman–Crippen LogP) is 0.875. The number of sulfonamides is 1. The maximum Gasteiger partial charge on any atom is 0.231 e. The van der Waals surface area contributed by atoms with Gasteiger partial charge in [-0.3, -0.25) is 0 Å². The summed E-state index contributed by atoms with van der Waals surface area (Å²) in [4.78, 5) is 0. The maximum absolute atomic E-state index is 11.3. The lowest BCUT2D eigenvalue weighted by atomic mass is 10.1. The zero-order valence-corrected chi connectivity index (χ0v) is 13.2. The van der Waals surface area contributed by atoms with E-state index in [-0.39, 0.29) is 18.6 Å². The highest BCUT2D eigenvalue weighted by atomic mass is 32.2. The van der Waals surface area contributed by atoms with Crippen LogP contribution in [0.5, 0.6) is 11.5 Å². The molecule has 1 unspecified atom stereocenters. The van der Waals surface area contributed by atoms with Crippen LogP contribution in [-0.2, 0) is 16.4 Å². The van der Waals surface area contributed by atoms with Gasteiger partial charge in [0.25, 0.3) is 0 Å². The van der Waals surface area contributed by atoms with E-state index in [1.54, 1.807) is 0 Å². The minimum absolute atomic E-state index is 0.0951. The lowest BCUT2D eigenvalue weighted by Crippen LogP contribution is -2.34. The van der Waals surface area contributed by atoms with Crippen LogP contribution in [0.15, 0.2) is 18.2 Å². The molecule has 2 N–H and O–H groups in total. The Labute approximate surface area is 125 Å². The van der Waals surface area contributed by atoms with Gasteiger partial charge in [-0.1, -0.05) is 6.07 Å². The quantitative estimate of drug-likeness (QED) is 0.745. The van der Waals surface area contributed by atoms with Crippen molar-refractivity contribution in [1.82, 2.24) is 10.0 Å². The third kappa shape index (κ3) is 4.87. The Kier molecular flexibility index (Phi) is 5.44. The molecular weight excluding hydrogens is 292 g/mol. The van der Waals surface area contributed by atoms with E-state index in [0.717, 1.165) is 24.3 Å². The molecule has 0 spiro atoms. The average molecular weight is 314 g/mol. The fraction of sp³-hybridized carbons (Fsp3) is 0.571. The topological polar surface area (TPSA) is 76.7 Å². The first-order valence-corrected chi connectivity index (χ1v) is 8.68. The van der Waals surface area contributed by atoms with Crippen LogP contribution in [0.1, 0.15) is 18.9 Å². The summed E-state index contributed by atoms with van der Waals surface area (Å²) in [6, 6.07) is 6.21. The molecule has 0 saturated heterocycles. The molecule has 1 atom stereocenters. The number of ether oxygens (including phenoxy) is 2. The molecule has 0 amide bonds. The molecule has 0 aliphatic carbocycles. The lowest BCUT2D eigenvalue weighted by molar-refractivity contribution is 0.174. The zero-order chi connectivity index (χ0) is 15.3. The Bertz CT molecular complexity index is 574. The molecule has 1 aromatic rings. The van der Waals surface area contributed by atoms with Gasteiger partial charge in [-0.2, -0.15) is 0 Å². The lowest BCUT2D eigenvalue weighted by Gasteiger charge is -2.13. The van der Waals surface area contributed by atoms with Crippen molar-refractivity contribution in [2.24, 2.45) is 0 Å². The molecule has 0 aromatic heterocycles. The zero-order valence-electron chi connectivity index (χ0n) is 12.4. The summed E-state index contributed by atoms with van der Waals surface area (Å²) in [7, 11) is -1.70. The second-order valence-electron chi connectivity index (χ2n) is 5.10. The number of rotatable bonds is 8. The Morgan fingerprint density at radius 1 is 1.29 bits per heavy atom. The smallest absolute Gasteiger partial charge is 0.231 e. The summed E-state index contributed by atoms with van der Waals surface area (Å²) in [5.74, 6) is 1.69. The monoisotopic (exact) mass is 314 g/mol. The molecule has 0 saturated carbocycles. The molecular formula is C14H22N2O4S. The van der Waals surface area contributed by atoms with Crippen molar-refractivity contribution in [2.45, 2.75) is 25.8 Å². The molecule has 1 aliphatic rings. The van der Waals surface area contributed by atoms with Crippen molar-refractivity contribution >= 4 is 10.0 Å². The highest BCUT2D eigenvalue weighted by Gasteiger charge is 2.13. The Morgan fingerprint density at radius 2 is 2.05 bits per heavy atom. The highest BCUT2D eigenvalue weighted by Crippen LogP contribution is 2.32. The van der Waals surface area contributed by atoms with Crippen molar-refractivity contribution in [3.8, 4) is 11.5 Å². The van der Waals surface area contributed by atoms with Crippen molar-refractivity contribution in [3.05, 3.63) is 23.8 Å². The van der Waals surface area contributed by atoms with Crippen LogP contribution in [0.4, 0.5) is 0 Å². The van der Waals surface area contributed by atoms with E-state index in [0.29, 0.717) is 6.54 Å². The fourth-order valence-corrected chi connectivity index (χ4v) is 2.71. The van der Waals surface area contributed by atoms with Crippen LogP contribution < -0.4 is 19.5 Å². The van der Waals surface area contributed by atoms with Crippen LogP contribution in [0.3, 0.4) is 0 Å². The van der Waals surface area contributed by atoms with Crippen LogP contribution in [-0.4, -0.2) is 40.6 Å². The van der Waals surface area contributed by atoms with Gasteiger partial charge in [0.1, 0.15) is 0 Å². The van der Waals surface area contributed by atoms with E-state index in [4.69, 9.17) is 9.47 Å². The van der Waals surface area contributed by atoms with Crippen LogP contribution >= 0.6 is 0 Å². The van der Waals surface area contributed by atoms with Crippen LogP contribution in [0, 0.1) is 0 Å². The van der Waals surface area contributed by atoms with Gasteiger partial charge in [0.05, 0.1) is 5.75 Å². The van der Waals surface area contributed by atoms with Gasteiger partial charge < -0.3 is 14.8 Å². The number of aryl methyl sites for hydroxylation is 1. The molecule has 7 heteroatoms. The number of benzene rings is 1. The van der Waals surface area contributed by atoms with Gasteiger partial charge in [-0.25, -0.2) is 13.1 Å². The predicted molar refractivity (Wildman–Crippen MR) is 81.2 cm³/mol. The minimum atomic E-state index is -3.13. The summed E-state index contributed by atoms with van der Waals surface area (Å²) >= 11 is 0. The van der Waals surface area contributed by atoms with Gasteiger partial charge >= 0.3 is 0 Å². The minimum Gasteiger partial charge on any atom is -0.454 e. The third-order valence-electron chi connectivity index (χ3n) is 3.48. The van der Waals surface area contributed by atoms with Crippen molar-refractivity contribution in [2.75, 3.05) is 26.1 Å². The Balaban J connectivity index is 1.73. The van der Waals surface area contributed by atoms with Gasteiger partial charge in [-0.05, 0) is 44.5 Å². The standard InChI is InChI=1S/C14H22N2O4S/c1-11(16-7-8-21(17,18)15-2)3-4-12-5-6-13-14(9-12)20-10-19-13/h5-6,9,11,15-16H,3-4,7-8,10H2,1-2H3. The maximum atomic E-state index is 11.3. The normalized spacial score (nSPS) is 15.1. The number of fused-ring (bicyclic) bond motifs is 1. The molecule has 0 radical (unpaired) electrons. The summed E-state index contributed by atoms with van der Waals surface area (Å²) in [6.45, 7) is 2.79. The first kappa shape index (κ1) is 16.1. The van der Waals surface area contributed by atoms with Crippen molar-refractivity contribution < 1.29 is 17.9 Å². The second-order valence-corrected chi connectivity index (χ2v) is 7.15. The Morgan fingerprint density at radius 3 is 2.81 bits per heavy atom. The van der Waals surface area contributed by atoms with E-state index in [9.17, 15) is 8.42 Å². The van der Waals surface area contributed by atoms with Crippen molar-refractivity contribution in [3.63, 3.8) is 0 Å². The molecule has 1 aliphatic heterocycles. The van der Waals surface area contributed by atoms with E-state index < -0.39 is 10.0 Å². The van der Waals surface area contributed by atoms with Crippen molar-refractivity contribution in [1.29, 1.82) is 0 Å². The average Bonchev–Trinajstić information content (AvgIpc) is 2.92. The third-order valence-corrected chi connectivity index (χ3v) is 4.84. The van der Waals surface area contributed by atoms with Gasteiger partial charge in [0.15, 0.2) is 11.5 Å². The van der Waals surface area contributed by atoms with Crippen LogP contribution in [0.25, 0.3) is 0 Å². The first-order valence-electron chi connectivity index (χ1n) is 7.03. The fourth-order valence-electron chi connectivity index (χ4n) is 2.12. The second kappa shape index (κ2) is 7.11. The molecule has 0 fully saturated rings. The largest absolute Gasteiger partial charge is 0.454 e. The van der Waals surface area contributed by atoms with E-state index in [1.165, 1.54) is 12.6 Å². The van der Waals surface area contributed by atoms with Crippen LogP contribution in [0.2, 0.25) is 0 Å². The summed E-state index contributed by atoms with van der Waals surface area (Å²) in [6.07, 6.45) is 1.84. The van der Waals surface area contributed by atoms with Gasteiger partial charge in [-0.15, -0.1) is 0 Å². The molecule has 2 rings (SSSR count). The summed E-state index contributed by atoms with van der Waals surface area (Å²) in [5, 5.41) is 3.22. The summed E-state index contributed by atoms with van der Waals surface area (Å²) < 4.78 is 35.5. The molecule has 1 aromatic carbocycles. The van der Waals surface area contributed by atoms with Gasteiger partial charge in [0, 0.05) is 12.6 Å². The highest BCUT2D eigenvalue weighted by molar-refractivity contribution is 7.89. The molecule has 118 valence electrons. The van der Waals surface area contributed by atoms with Gasteiger partial charge in [0.2, 0.25) is 16.8 Å². The SMILES string of the molecule is CNS(=O)(=O)CCNC(C)CCc1ccc2c(c1)OCO2. The number of hydrogen-bond acceptors (Lipinski definition) is 5.